The van der Waals surface area contributed by atoms with E-state index in [-0.39, 0.29) is 5.56 Å². The topological polar surface area (TPSA) is 12.9 Å². The Bertz CT molecular complexity index is 692. The maximum absolute atomic E-state index is 14.2. The van der Waals surface area contributed by atoms with Crippen molar-refractivity contribution in [2.45, 2.75) is 11.9 Å². The van der Waals surface area contributed by atoms with E-state index in [9.17, 15) is 15.5 Å². The van der Waals surface area contributed by atoms with Crippen molar-refractivity contribution in [1.29, 1.82) is 0 Å². The minimum Gasteiger partial charge on any atom is -0.243 e. The van der Waals surface area contributed by atoms with Crippen LogP contribution < -0.4 is 0 Å². The van der Waals surface area contributed by atoms with Crippen LogP contribution in [-0.2, 0) is 0 Å². The molecule has 0 bridgehead atoms. The molecule has 0 radical (unpaired) electrons. The van der Waals surface area contributed by atoms with E-state index in [1.54, 1.807) is 13.0 Å². The van der Waals surface area contributed by atoms with Crippen LogP contribution in [0.25, 0.3) is 5.03 Å². The Labute approximate surface area is 124 Å². The van der Waals surface area contributed by atoms with E-state index < -0.39 is 25.3 Å². The van der Waals surface area contributed by atoms with E-state index in [0.29, 0.717) is 11.6 Å². The van der Waals surface area contributed by atoms with Crippen LogP contribution in [0.15, 0.2) is 59.1 Å². The number of rotatable bonds is 3. The largest absolute Gasteiger partial charge is 0.243 e. The molecule has 0 saturated carbocycles. The van der Waals surface area contributed by atoms with Crippen LogP contribution in [0.5, 0.6) is 0 Å². The Morgan fingerprint density at radius 1 is 1.05 bits per heavy atom. The van der Waals surface area contributed by atoms with Crippen molar-refractivity contribution in [3.05, 3.63) is 65.2 Å². The summed E-state index contributed by atoms with van der Waals surface area (Å²) >= 11 is 5.65. The number of pyridine rings is 1. The van der Waals surface area contributed by atoms with E-state index in [1.165, 1.54) is 24.3 Å². The minimum absolute atomic E-state index is 0.0851. The molecule has 0 aliphatic carbocycles. The van der Waals surface area contributed by atoms with Crippen LogP contribution >= 0.6 is 21.4 Å². The fraction of sp³-hybridized carbons (Fsp3) is 0.0714. The maximum Gasteiger partial charge on any atom is 0.220 e. The molecule has 2 aromatic rings. The van der Waals surface area contributed by atoms with Crippen molar-refractivity contribution in [2.75, 3.05) is 0 Å². The van der Waals surface area contributed by atoms with Gasteiger partial charge in [0.1, 0.15) is 0 Å². The van der Waals surface area contributed by atoms with Crippen molar-refractivity contribution in [3.63, 3.8) is 0 Å². The quantitative estimate of drug-likeness (QED) is 0.590. The molecule has 0 spiro atoms. The van der Waals surface area contributed by atoms with E-state index in [4.69, 9.17) is 11.6 Å². The summed E-state index contributed by atoms with van der Waals surface area (Å²) < 4.78 is 56.6. The number of nitrogens with zero attached hydrogens (tertiary/aromatic N) is 1. The number of aromatic nitrogens is 1. The highest BCUT2D eigenvalue weighted by molar-refractivity contribution is 8.52. The number of halogens is 5. The minimum atomic E-state index is -8.68. The number of hydrogen-bond donors (Lipinski definition) is 0. The van der Waals surface area contributed by atoms with E-state index >= 15 is 0 Å². The van der Waals surface area contributed by atoms with Gasteiger partial charge in [-0.25, -0.2) is 4.98 Å². The maximum atomic E-state index is 14.2. The Hall–Kier alpha value is -1.53. The second kappa shape index (κ2) is 4.48. The molecule has 1 aromatic carbocycles. The molecule has 0 atom stereocenters. The third-order valence-corrected chi connectivity index (χ3v) is 4.99. The molecule has 0 unspecified atom stereocenters. The fourth-order valence-corrected chi connectivity index (χ4v) is 3.60. The summed E-state index contributed by atoms with van der Waals surface area (Å²) in [4.78, 5) is 3.19. The third kappa shape index (κ3) is 3.57. The lowest BCUT2D eigenvalue weighted by Gasteiger charge is -2.46. The number of hydrogen-bond acceptors (Lipinski definition) is 1. The van der Waals surface area contributed by atoms with Gasteiger partial charge in [-0.05, 0) is 24.1 Å². The molecule has 1 heterocycles. The van der Waals surface area contributed by atoms with E-state index in [2.05, 4.69) is 4.98 Å². The average molecular weight is 338 g/mol. The van der Waals surface area contributed by atoms with Gasteiger partial charge in [0.2, 0.25) is 9.84 Å². The van der Waals surface area contributed by atoms with Crippen molar-refractivity contribution >= 4 is 26.5 Å². The van der Waals surface area contributed by atoms with Crippen LogP contribution in [-0.4, -0.2) is 4.98 Å². The first-order chi connectivity index (χ1) is 9.50. The molecule has 0 amide bonds. The standard InChI is InChI=1S/C14H12ClF4NS/c1-11-7-8-14(20-9-11)21(16,17,18,19)10-13(15)12-5-3-2-4-6-12/h2-10H,1H3/b13-10-. The van der Waals surface area contributed by atoms with E-state index in [1.807, 2.05) is 0 Å². The predicted octanol–water partition coefficient (Wildman–Crippen LogP) is 6.40. The summed E-state index contributed by atoms with van der Waals surface area (Å²) in [6, 6.07) is 9.18. The summed E-state index contributed by atoms with van der Waals surface area (Å²) in [6.45, 7) is 1.57. The highest BCUT2D eigenvalue weighted by Crippen LogP contribution is 3.01. The van der Waals surface area contributed by atoms with Crippen molar-refractivity contribution in [1.82, 2.24) is 4.98 Å². The molecule has 0 aliphatic heterocycles. The lowest BCUT2D eigenvalue weighted by Crippen LogP contribution is -2.12. The molecular weight excluding hydrogens is 326 g/mol. The van der Waals surface area contributed by atoms with Gasteiger partial charge in [-0.2, -0.15) is 0 Å². The van der Waals surface area contributed by atoms with Crippen LogP contribution in [0.4, 0.5) is 15.5 Å². The van der Waals surface area contributed by atoms with Crippen LogP contribution in [0.1, 0.15) is 11.1 Å². The van der Waals surface area contributed by atoms with Gasteiger partial charge in [0, 0.05) is 6.20 Å². The molecule has 0 N–H and O–H groups in total. The highest BCUT2D eigenvalue weighted by Gasteiger charge is 2.64. The molecule has 1 nitrogen and oxygen atoms in total. The summed E-state index contributed by atoms with van der Waals surface area (Å²) in [7, 11) is -8.68. The van der Waals surface area contributed by atoms with Gasteiger partial charge in [0.25, 0.3) is 0 Å². The second-order valence-corrected chi connectivity index (χ2v) is 7.96. The molecule has 2 rings (SSSR count). The number of aryl methyl sites for hydroxylation is 1. The number of benzene rings is 1. The van der Waals surface area contributed by atoms with Gasteiger partial charge < -0.3 is 0 Å². The molecule has 21 heavy (non-hydrogen) atoms. The van der Waals surface area contributed by atoms with E-state index in [0.717, 1.165) is 12.3 Å². The zero-order chi connectivity index (χ0) is 15.8. The van der Waals surface area contributed by atoms with Gasteiger partial charge in [-0.15, -0.1) is 15.5 Å². The van der Waals surface area contributed by atoms with Gasteiger partial charge in [0.05, 0.1) is 10.4 Å². The monoisotopic (exact) mass is 337 g/mol. The van der Waals surface area contributed by atoms with Crippen LogP contribution in [0.2, 0.25) is 0 Å². The summed E-state index contributed by atoms with van der Waals surface area (Å²) in [5.41, 5.74) is 0.590. The molecule has 114 valence electrons. The van der Waals surface area contributed by atoms with Crippen molar-refractivity contribution < 1.29 is 15.5 Å². The smallest absolute Gasteiger partial charge is 0.220 e. The second-order valence-electron chi connectivity index (χ2n) is 4.64. The first kappa shape index (κ1) is 15.9. The average Bonchev–Trinajstić information content (AvgIpc) is 2.38. The van der Waals surface area contributed by atoms with Gasteiger partial charge >= 0.3 is 0 Å². The Balaban J connectivity index is 2.59. The zero-order valence-corrected chi connectivity index (χ0v) is 12.5. The first-order valence-corrected chi connectivity index (χ1v) is 8.37. The van der Waals surface area contributed by atoms with Crippen LogP contribution in [0.3, 0.4) is 0 Å². The Morgan fingerprint density at radius 2 is 1.67 bits per heavy atom. The normalized spacial score (nSPS) is 16.2. The summed E-state index contributed by atoms with van der Waals surface area (Å²) in [5.74, 6) is 0. The van der Waals surface area contributed by atoms with Crippen molar-refractivity contribution in [3.8, 4) is 0 Å². The molecular formula is C14H12ClF4NS. The molecule has 0 fully saturated rings. The predicted molar refractivity (Wildman–Crippen MR) is 79.5 cm³/mol. The highest BCUT2D eigenvalue weighted by atomic mass is 35.5. The molecule has 7 heteroatoms. The molecule has 0 saturated heterocycles. The van der Waals surface area contributed by atoms with Crippen LogP contribution in [0, 0.1) is 6.92 Å². The fourth-order valence-electron chi connectivity index (χ4n) is 1.64. The lowest BCUT2D eigenvalue weighted by molar-refractivity contribution is 0.459. The molecule has 1 aromatic heterocycles. The summed E-state index contributed by atoms with van der Waals surface area (Å²) in [5, 5.41) is -2.72. The zero-order valence-electron chi connectivity index (χ0n) is 10.9. The van der Waals surface area contributed by atoms with Gasteiger partial charge in [-0.3, -0.25) is 0 Å². The first-order valence-electron chi connectivity index (χ1n) is 5.88. The Morgan fingerprint density at radius 3 is 2.19 bits per heavy atom. The lowest BCUT2D eigenvalue weighted by atomic mass is 10.2. The van der Waals surface area contributed by atoms with Gasteiger partial charge in [-0.1, -0.05) is 48.0 Å². The SMILES string of the molecule is Cc1ccc(S(F)(F)(F)(F)/C=C(\Cl)c2ccccc2)nc1. The summed E-state index contributed by atoms with van der Waals surface area (Å²) in [6.07, 6.45) is 0.970. The van der Waals surface area contributed by atoms with Crippen molar-refractivity contribution in [2.24, 2.45) is 0 Å². The third-order valence-electron chi connectivity index (χ3n) is 2.71. The van der Waals surface area contributed by atoms with Gasteiger partial charge in [0.15, 0.2) is 5.03 Å². The molecule has 0 aliphatic rings. The Kier molecular flexibility index (Phi) is 3.38.